The number of ether oxygens (including phenoxy) is 1. The lowest BCUT2D eigenvalue weighted by Gasteiger charge is -2.10. The SMILES string of the molecule is CC.CC(C)C(N)CO.CC(C)C1COC(=O)N1. The molecule has 1 aliphatic heterocycles. The minimum absolute atomic E-state index is 0.0417. The number of cyclic esters (lactones) is 1. The van der Waals surface area contributed by atoms with Crippen LogP contribution in [0.2, 0.25) is 0 Å². The first-order chi connectivity index (χ1) is 8.38. The molecule has 0 aliphatic carbocycles. The third-order valence-corrected chi connectivity index (χ3v) is 2.57. The highest BCUT2D eigenvalue weighted by atomic mass is 16.6. The van der Waals surface area contributed by atoms with E-state index >= 15 is 0 Å². The lowest BCUT2D eigenvalue weighted by molar-refractivity contribution is 0.175. The van der Waals surface area contributed by atoms with Crippen molar-refractivity contribution in [3.63, 3.8) is 0 Å². The standard InChI is InChI=1S/C6H11NO2.C5H13NO.C2H6/c1-4(2)5-3-9-6(8)7-5;1-4(2)5(6)3-7;1-2/h4-5H,3H2,1-2H3,(H,7,8);4-5,7H,3,6H2,1-2H3;1-2H3. The van der Waals surface area contributed by atoms with E-state index in [-0.39, 0.29) is 24.8 Å². The summed E-state index contributed by atoms with van der Waals surface area (Å²) < 4.78 is 4.68. The number of aliphatic hydroxyl groups is 1. The van der Waals surface area contributed by atoms with Gasteiger partial charge in [0.05, 0.1) is 12.6 Å². The number of alkyl carbamates (subject to hydrolysis) is 1. The number of carbonyl (C=O) groups is 1. The van der Waals surface area contributed by atoms with E-state index in [0.29, 0.717) is 18.4 Å². The van der Waals surface area contributed by atoms with Gasteiger partial charge < -0.3 is 20.9 Å². The molecule has 0 radical (unpaired) electrons. The molecular weight excluding hydrogens is 232 g/mol. The second-order valence-corrected chi connectivity index (χ2v) is 4.68. The molecule has 18 heavy (non-hydrogen) atoms. The number of amides is 1. The lowest BCUT2D eigenvalue weighted by atomic mass is 10.1. The van der Waals surface area contributed by atoms with Gasteiger partial charge in [0.25, 0.3) is 0 Å². The highest BCUT2D eigenvalue weighted by Gasteiger charge is 2.24. The van der Waals surface area contributed by atoms with Crippen LogP contribution in [-0.4, -0.2) is 36.5 Å². The molecule has 110 valence electrons. The van der Waals surface area contributed by atoms with Gasteiger partial charge in [-0.1, -0.05) is 41.5 Å². The van der Waals surface area contributed by atoms with Crippen molar-refractivity contribution < 1.29 is 14.6 Å². The van der Waals surface area contributed by atoms with Gasteiger partial charge in [-0.3, -0.25) is 0 Å². The number of carbonyl (C=O) groups excluding carboxylic acids is 1. The second kappa shape index (κ2) is 11.3. The van der Waals surface area contributed by atoms with E-state index in [1.165, 1.54) is 0 Å². The van der Waals surface area contributed by atoms with Gasteiger partial charge in [-0.05, 0) is 11.8 Å². The highest BCUT2D eigenvalue weighted by Crippen LogP contribution is 2.07. The summed E-state index contributed by atoms with van der Waals surface area (Å²) in [6.07, 6.45) is -0.284. The molecule has 0 bridgehead atoms. The summed E-state index contributed by atoms with van der Waals surface area (Å²) >= 11 is 0. The van der Waals surface area contributed by atoms with Gasteiger partial charge in [-0.15, -0.1) is 0 Å². The Morgan fingerprint density at radius 1 is 1.39 bits per heavy atom. The Hall–Kier alpha value is -0.810. The molecule has 1 saturated heterocycles. The molecule has 0 aromatic rings. The zero-order chi connectivity index (χ0) is 14.7. The van der Waals surface area contributed by atoms with E-state index in [1.807, 2.05) is 27.7 Å². The van der Waals surface area contributed by atoms with Crippen LogP contribution in [0.1, 0.15) is 41.5 Å². The zero-order valence-corrected chi connectivity index (χ0v) is 12.6. The zero-order valence-electron chi connectivity index (χ0n) is 12.6. The maximum Gasteiger partial charge on any atom is 0.407 e. The van der Waals surface area contributed by atoms with Crippen LogP contribution in [0.3, 0.4) is 0 Å². The molecule has 5 heteroatoms. The predicted molar refractivity (Wildman–Crippen MR) is 74.4 cm³/mol. The van der Waals surface area contributed by atoms with Crippen molar-refractivity contribution in [1.82, 2.24) is 5.32 Å². The van der Waals surface area contributed by atoms with Crippen molar-refractivity contribution in [3.05, 3.63) is 0 Å². The van der Waals surface area contributed by atoms with E-state index in [0.717, 1.165) is 0 Å². The summed E-state index contributed by atoms with van der Waals surface area (Å²) in [5, 5.41) is 11.1. The fourth-order valence-corrected chi connectivity index (χ4v) is 0.970. The fourth-order valence-electron chi connectivity index (χ4n) is 0.970. The molecule has 0 aromatic heterocycles. The largest absolute Gasteiger partial charge is 0.447 e. The molecule has 1 amide bonds. The number of aliphatic hydroxyl groups excluding tert-OH is 1. The van der Waals surface area contributed by atoms with Crippen molar-refractivity contribution in [2.75, 3.05) is 13.2 Å². The maximum atomic E-state index is 10.4. The Kier molecular flexibility index (Phi) is 12.2. The molecule has 2 unspecified atom stereocenters. The van der Waals surface area contributed by atoms with E-state index in [4.69, 9.17) is 10.8 Å². The summed E-state index contributed by atoms with van der Waals surface area (Å²) in [6, 6.07) is 0.178. The van der Waals surface area contributed by atoms with Crippen molar-refractivity contribution in [2.45, 2.75) is 53.6 Å². The quantitative estimate of drug-likeness (QED) is 0.723. The first-order valence-electron chi connectivity index (χ1n) is 6.68. The Bertz CT molecular complexity index is 208. The average molecular weight is 262 g/mol. The first kappa shape index (κ1) is 19.5. The molecule has 4 N–H and O–H groups in total. The number of hydrogen-bond acceptors (Lipinski definition) is 4. The Labute approximate surface area is 111 Å². The van der Waals surface area contributed by atoms with Gasteiger partial charge in [0.1, 0.15) is 6.61 Å². The molecule has 0 spiro atoms. The first-order valence-corrected chi connectivity index (χ1v) is 6.68. The van der Waals surface area contributed by atoms with E-state index < -0.39 is 0 Å². The van der Waals surface area contributed by atoms with Gasteiger partial charge in [-0.2, -0.15) is 0 Å². The molecule has 0 aromatic carbocycles. The Morgan fingerprint density at radius 3 is 2.00 bits per heavy atom. The maximum absolute atomic E-state index is 10.4. The van der Waals surface area contributed by atoms with E-state index in [2.05, 4.69) is 23.9 Å². The minimum atomic E-state index is -0.284. The minimum Gasteiger partial charge on any atom is -0.447 e. The van der Waals surface area contributed by atoms with Crippen LogP contribution in [0.4, 0.5) is 4.79 Å². The molecule has 2 atom stereocenters. The van der Waals surface area contributed by atoms with Gasteiger partial charge in [0.15, 0.2) is 0 Å². The average Bonchev–Trinajstić information content (AvgIpc) is 2.78. The monoisotopic (exact) mass is 262 g/mol. The van der Waals surface area contributed by atoms with Crippen LogP contribution in [-0.2, 0) is 4.74 Å². The van der Waals surface area contributed by atoms with Crippen molar-refractivity contribution >= 4 is 6.09 Å². The summed E-state index contributed by atoms with van der Waals surface area (Å²) in [6.45, 7) is 12.7. The Morgan fingerprint density at radius 2 is 1.89 bits per heavy atom. The van der Waals surface area contributed by atoms with Crippen LogP contribution in [0.25, 0.3) is 0 Å². The summed E-state index contributed by atoms with van der Waals surface area (Å²) in [7, 11) is 0. The van der Waals surface area contributed by atoms with Gasteiger partial charge in [-0.25, -0.2) is 4.79 Å². The summed E-state index contributed by atoms with van der Waals surface area (Å²) in [5.74, 6) is 0.862. The molecule has 1 rings (SSSR count). The van der Waals surface area contributed by atoms with Crippen molar-refractivity contribution in [3.8, 4) is 0 Å². The normalized spacial score (nSPS) is 19.2. The van der Waals surface area contributed by atoms with Crippen LogP contribution >= 0.6 is 0 Å². The fraction of sp³-hybridized carbons (Fsp3) is 0.923. The Balaban J connectivity index is 0. The van der Waals surface area contributed by atoms with Crippen LogP contribution in [0, 0.1) is 11.8 Å². The molecule has 1 aliphatic rings. The molecule has 0 saturated carbocycles. The molecular formula is C13H30N2O3. The molecule has 5 nitrogen and oxygen atoms in total. The topological polar surface area (TPSA) is 84.6 Å². The second-order valence-electron chi connectivity index (χ2n) is 4.68. The number of rotatable bonds is 3. The third kappa shape index (κ3) is 9.24. The van der Waals surface area contributed by atoms with Gasteiger partial charge in [0.2, 0.25) is 0 Å². The molecule has 1 heterocycles. The lowest BCUT2D eigenvalue weighted by Crippen LogP contribution is -2.30. The third-order valence-electron chi connectivity index (χ3n) is 2.57. The van der Waals surface area contributed by atoms with Crippen LogP contribution in [0.5, 0.6) is 0 Å². The summed E-state index contributed by atoms with van der Waals surface area (Å²) in [5.41, 5.74) is 5.37. The smallest absolute Gasteiger partial charge is 0.407 e. The predicted octanol–water partition coefficient (Wildman–Crippen LogP) is 1.74. The number of nitrogens with two attached hydrogens (primary N) is 1. The van der Waals surface area contributed by atoms with Crippen LogP contribution in [0.15, 0.2) is 0 Å². The van der Waals surface area contributed by atoms with Gasteiger partial charge in [0, 0.05) is 6.04 Å². The van der Waals surface area contributed by atoms with Crippen LogP contribution < -0.4 is 11.1 Å². The van der Waals surface area contributed by atoms with Crippen molar-refractivity contribution in [1.29, 1.82) is 0 Å². The van der Waals surface area contributed by atoms with Gasteiger partial charge >= 0.3 is 6.09 Å². The number of nitrogens with one attached hydrogen (secondary N) is 1. The number of hydrogen-bond donors (Lipinski definition) is 3. The van der Waals surface area contributed by atoms with Crippen molar-refractivity contribution in [2.24, 2.45) is 17.6 Å². The highest BCUT2D eigenvalue weighted by molar-refractivity contribution is 5.69. The van der Waals surface area contributed by atoms with E-state index in [1.54, 1.807) is 0 Å². The molecule has 1 fully saturated rings. The summed E-state index contributed by atoms with van der Waals surface area (Å²) in [4.78, 5) is 10.4. The van der Waals surface area contributed by atoms with E-state index in [9.17, 15) is 4.79 Å².